The summed E-state index contributed by atoms with van der Waals surface area (Å²) in [5.74, 6) is -0.267. The number of nitrogens with one attached hydrogen (secondary N) is 2. The van der Waals surface area contributed by atoms with Crippen molar-refractivity contribution in [3.8, 4) is 16.3 Å². The molecule has 0 spiro atoms. The third-order valence-electron chi connectivity index (χ3n) is 4.72. The molecular formula is C23H17N5OS. The first-order chi connectivity index (χ1) is 14.8. The molecule has 2 N–H and O–H groups in total. The van der Waals surface area contributed by atoms with Gasteiger partial charge in [-0.15, -0.1) is 11.3 Å². The van der Waals surface area contributed by atoms with E-state index in [1.165, 1.54) is 0 Å². The quantitative estimate of drug-likeness (QED) is 0.321. The van der Waals surface area contributed by atoms with Crippen molar-refractivity contribution >= 4 is 34.4 Å². The van der Waals surface area contributed by atoms with Gasteiger partial charge < -0.3 is 4.98 Å². The maximum absolute atomic E-state index is 12.6. The number of H-pyrrole nitrogens is 1. The molecule has 1 amide bonds. The minimum absolute atomic E-state index is 0.267. The van der Waals surface area contributed by atoms with Gasteiger partial charge in [-0.1, -0.05) is 42.5 Å². The van der Waals surface area contributed by atoms with Crippen LogP contribution in [0, 0.1) is 0 Å². The zero-order chi connectivity index (χ0) is 20.3. The van der Waals surface area contributed by atoms with Crippen LogP contribution in [-0.4, -0.2) is 26.9 Å². The molecule has 3 aromatic heterocycles. The van der Waals surface area contributed by atoms with Gasteiger partial charge >= 0.3 is 0 Å². The monoisotopic (exact) mass is 411 g/mol. The Hall–Kier alpha value is -3.97. The zero-order valence-corrected chi connectivity index (χ0v) is 16.6. The van der Waals surface area contributed by atoms with Crippen molar-refractivity contribution in [3.63, 3.8) is 0 Å². The van der Waals surface area contributed by atoms with Gasteiger partial charge in [-0.05, 0) is 29.6 Å². The maximum Gasteiger partial charge on any atom is 0.273 e. The van der Waals surface area contributed by atoms with Crippen molar-refractivity contribution in [2.24, 2.45) is 5.10 Å². The number of carbonyl (C=O) groups excluding carboxylic acids is 1. The number of thiophene rings is 1. The number of hydrogen-bond donors (Lipinski definition) is 2. The summed E-state index contributed by atoms with van der Waals surface area (Å²) in [4.78, 5) is 16.7. The van der Waals surface area contributed by atoms with Gasteiger partial charge in [-0.25, -0.2) is 10.1 Å². The van der Waals surface area contributed by atoms with Crippen LogP contribution in [0.15, 0.2) is 89.6 Å². The Morgan fingerprint density at radius 3 is 2.73 bits per heavy atom. The highest BCUT2D eigenvalue weighted by Gasteiger charge is 2.13. The van der Waals surface area contributed by atoms with E-state index in [0.29, 0.717) is 5.56 Å². The van der Waals surface area contributed by atoms with E-state index in [2.05, 4.69) is 15.5 Å². The Balaban J connectivity index is 1.43. The van der Waals surface area contributed by atoms with Crippen LogP contribution in [0.5, 0.6) is 0 Å². The number of aromatic nitrogens is 3. The summed E-state index contributed by atoms with van der Waals surface area (Å²) in [6.45, 7) is 0. The second-order valence-corrected chi connectivity index (χ2v) is 7.59. The molecule has 2 aromatic carbocycles. The Bertz CT molecular complexity index is 1330. The number of aromatic amines is 1. The van der Waals surface area contributed by atoms with Gasteiger partial charge in [0.1, 0.15) is 5.69 Å². The number of carbonyl (C=O) groups is 1. The fourth-order valence-electron chi connectivity index (χ4n) is 3.28. The molecule has 5 rings (SSSR count). The number of amides is 1. The summed E-state index contributed by atoms with van der Waals surface area (Å²) in [5, 5.41) is 11.8. The molecule has 3 heterocycles. The topological polar surface area (TPSA) is 75.1 Å². The summed E-state index contributed by atoms with van der Waals surface area (Å²) in [7, 11) is 0. The number of para-hydroxylation sites is 2. The molecule has 5 aromatic rings. The van der Waals surface area contributed by atoms with Gasteiger partial charge in [0.15, 0.2) is 0 Å². The Morgan fingerprint density at radius 1 is 1.07 bits per heavy atom. The predicted octanol–water partition coefficient (Wildman–Crippen LogP) is 4.85. The molecule has 6 nitrogen and oxygen atoms in total. The van der Waals surface area contributed by atoms with E-state index in [4.69, 9.17) is 5.10 Å². The molecule has 0 saturated carbocycles. The highest BCUT2D eigenvalue weighted by atomic mass is 32.1. The molecule has 0 radical (unpaired) electrons. The minimum Gasteiger partial charge on any atom is -0.360 e. The Morgan fingerprint density at radius 2 is 1.90 bits per heavy atom. The van der Waals surface area contributed by atoms with Crippen LogP contribution in [0.4, 0.5) is 0 Å². The third kappa shape index (κ3) is 3.42. The van der Waals surface area contributed by atoms with Crippen molar-refractivity contribution in [2.45, 2.75) is 0 Å². The standard InChI is InChI=1S/C23H17N5OS/c29-23(19-14-24-20-10-5-4-9-18(19)20)26-25-13-16-15-28(17-7-2-1-3-8-17)27-22(16)21-11-6-12-30-21/h1-15,24H,(H,26,29)/b25-13+. The predicted molar refractivity (Wildman–Crippen MR) is 120 cm³/mol. The SMILES string of the molecule is O=C(N/N=C/c1cn(-c2ccccc2)nc1-c1cccs1)c1c[nH]c2ccccc12. The van der Waals surface area contributed by atoms with Gasteiger partial charge in [0.2, 0.25) is 0 Å². The molecule has 0 bridgehead atoms. The summed E-state index contributed by atoms with van der Waals surface area (Å²) >= 11 is 1.61. The summed E-state index contributed by atoms with van der Waals surface area (Å²) in [6.07, 6.45) is 5.24. The number of rotatable bonds is 5. The molecule has 30 heavy (non-hydrogen) atoms. The lowest BCUT2D eigenvalue weighted by atomic mass is 10.2. The van der Waals surface area contributed by atoms with Crippen LogP contribution in [0.2, 0.25) is 0 Å². The number of hydrogen-bond acceptors (Lipinski definition) is 4. The zero-order valence-electron chi connectivity index (χ0n) is 15.8. The van der Waals surface area contributed by atoms with E-state index in [-0.39, 0.29) is 5.91 Å². The number of fused-ring (bicyclic) bond motifs is 1. The van der Waals surface area contributed by atoms with Crippen LogP contribution in [0.25, 0.3) is 27.2 Å². The molecule has 7 heteroatoms. The fourth-order valence-corrected chi connectivity index (χ4v) is 4.01. The van der Waals surface area contributed by atoms with Gasteiger partial charge in [-0.2, -0.15) is 10.2 Å². The fraction of sp³-hybridized carbons (Fsp3) is 0. The van der Waals surface area contributed by atoms with E-state index >= 15 is 0 Å². The average molecular weight is 411 g/mol. The maximum atomic E-state index is 12.6. The second kappa shape index (κ2) is 7.81. The molecule has 0 saturated heterocycles. The van der Waals surface area contributed by atoms with Gasteiger partial charge in [0.25, 0.3) is 5.91 Å². The molecule has 0 aliphatic heterocycles. The Kier molecular flexibility index (Phi) is 4.71. The third-order valence-corrected chi connectivity index (χ3v) is 5.60. The van der Waals surface area contributed by atoms with Crippen LogP contribution < -0.4 is 5.43 Å². The Labute approximate surface area is 176 Å². The molecule has 0 fully saturated rings. The molecular weight excluding hydrogens is 394 g/mol. The normalized spacial score (nSPS) is 11.3. The molecule has 0 atom stereocenters. The molecule has 0 aliphatic carbocycles. The summed E-state index contributed by atoms with van der Waals surface area (Å²) < 4.78 is 1.82. The van der Waals surface area contributed by atoms with E-state index in [0.717, 1.165) is 32.7 Å². The minimum atomic E-state index is -0.267. The summed E-state index contributed by atoms with van der Waals surface area (Å²) in [5.41, 5.74) is 6.69. The van der Waals surface area contributed by atoms with Gasteiger partial charge in [0.05, 0.1) is 22.3 Å². The molecule has 0 aliphatic rings. The van der Waals surface area contributed by atoms with E-state index in [9.17, 15) is 4.79 Å². The smallest absolute Gasteiger partial charge is 0.273 e. The second-order valence-electron chi connectivity index (χ2n) is 6.64. The number of benzene rings is 2. The first-order valence-electron chi connectivity index (χ1n) is 9.38. The van der Waals surface area contributed by atoms with Crippen molar-refractivity contribution in [2.75, 3.05) is 0 Å². The summed E-state index contributed by atoms with van der Waals surface area (Å²) in [6, 6.07) is 21.6. The van der Waals surface area contributed by atoms with Crippen LogP contribution in [0.1, 0.15) is 15.9 Å². The lowest BCUT2D eigenvalue weighted by molar-refractivity contribution is 0.0957. The van der Waals surface area contributed by atoms with Crippen LogP contribution >= 0.6 is 11.3 Å². The van der Waals surface area contributed by atoms with Crippen LogP contribution in [-0.2, 0) is 0 Å². The first kappa shape index (κ1) is 18.1. The highest BCUT2D eigenvalue weighted by molar-refractivity contribution is 7.13. The number of hydrazone groups is 1. The van der Waals surface area contributed by atoms with Gasteiger partial charge in [0, 0.05) is 28.9 Å². The van der Waals surface area contributed by atoms with Crippen molar-refractivity contribution in [3.05, 3.63) is 95.6 Å². The number of nitrogens with zero attached hydrogens (tertiary/aromatic N) is 3. The lowest BCUT2D eigenvalue weighted by Gasteiger charge is -1.98. The lowest BCUT2D eigenvalue weighted by Crippen LogP contribution is -2.17. The van der Waals surface area contributed by atoms with Crippen molar-refractivity contribution < 1.29 is 4.79 Å². The molecule has 0 unspecified atom stereocenters. The van der Waals surface area contributed by atoms with Gasteiger partial charge in [-0.3, -0.25) is 4.79 Å². The van der Waals surface area contributed by atoms with E-state index in [1.807, 2.05) is 83.0 Å². The largest absolute Gasteiger partial charge is 0.360 e. The van der Waals surface area contributed by atoms with E-state index < -0.39 is 0 Å². The van der Waals surface area contributed by atoms with Crippen LogP contribution in [0.3, 0.4) is 0 Å². The van der Waals surface area contributed by atoms with Crippen molar-refractivity contribution in [1.82, 2.24) is 20.2 Å². The van der Waals surface area contributed by atoms with E-state index in [1.54, 1.807) is 23.7 Å². The van der Waals surface area contributed by atoms with Crippen molar-refractivity contribution in [1.29, 1.82) is 0 Å². The first-order valence-corrected chi connectivity index (χ1v) is 10.3. The molecule has 146 valence electrons. The average Bonchev–Trinajstić information content (AvgIpc) is 3.53. The highest BCUT2D eigenvalue weighted by Crippen LogP contribution is 2.27.